The van der Waals surface area contributed by atoms with Gasteiger partial charge in [-0.25, -0.2) is 23.7 Å². The first-order valence-electron chi connectivity index (χ1n) is 8.98. The van der Waals surface area contributed by atoms with E-state index in [1.54, 1.807) is 0 Å². The van der Waals surface area contributed by atoms with Gasteiger partial charge in [0, 0.05) is 18.2 Å². The average molecular weight is 385 g/mol. The molecule has 0 N–H and O–H groups in total. The number of rotatable bonds is 2. The molecule has 2 aromatic heterocycles. The highest BCUT2D eigenvalue weighted by atomic mass is 19.1. The molecule has 3 aromatic rings. The van der Waals surface area contributed by atoms with E-state index in [0.29, 0.717) is 42.5 Å². The van der Waals surface area contributed by atoms with Gasteiger partial charge in [-0.15, -0.1) is 0 Å². The summed E-state index contributed by atoms with van der Waals surface area (Å²) in [6, 6.07) is 3.39. The Bertz CT molecular complexity index is 1080. The van der Waals surface area contributed by atoms with Crippen molar-refractivity contribution >= 4 is 17.1 Å². The molecule has 2 bridgehead atoms. The van der Waals surface area contributed by atoms with Gasteiger partial charge in [-0.1, -0.05) is 0 Å². The zero-order valence-corrected chi connectivity index (χ0v) is 15.3. The summed E-state index contributed by atoms with van der Waals surface area (Å²) in [6.45, 7) is 5.20. The highest BCUT2D eigenvalue weighted by Crippen LogP contribution is 2.31. The van der Waals surface area contributed by atoms with Crippen LogP contribution in [0.3, 0.4) is 0 Å². The van der Waals surface area contributed by atoms with Gasteiger partial charge >= 0.3 is 0 Å². The van der Waals surface area contributed by atoms with E-state index in [9.17, 15) is 8.78 Å². The van der Waals surface area contributed by atoms with Gasteiger partial charge < -0.3 is 14.4 Å². The summed E-state index contributed by atoms with van der Waals surface area (Å²) in [5, 5.41) is 0. The van der Waals surface area contributed by atoms with Crippen LogP contribution in [0.25, 0.3) is 22.4 Å². The zero-order chi connectivity index (χ0) is 19.4. The Morgan fingerprint density at radius 1 is 1.04 bits per heavy atom. The number of ether oxygens (including phenoxy) is 2. The molecule has 0 spiro atoms. The minimum absolute atomic E-state index is 0.0603. The standard InChI is InChI=1S/C19H17F2N5O2/c1-9-10(2)23-18-17(22-9)16(13-4-3-11(20)5-14(13)21)24-19(25-18)26-6-12-8-27-15(7-26)28-12/h3-5,12,15H,6-8H2,1-2H3. The zero-order valence-electron chi connectivity index (χ0n) is 15.3. The molecule has 0 aliphatic carbocycles. The minimum atomic E-state index is -0.712. The van der Waals surface area contributed by atoms with E-state index < -0.39 is 11.6 Å². The lowest BCUT2D eigenvalue weighted by molar-refractivity contribution is -0.0628. The number of hydrogen-bond donors (Lipinski definition) is 0. The van der Waals surface area contributed by atoms with Crippen LogP contribution in [0, 0.1) is 25.5 Å². The van der Waals surface area contributed by atoms with Crippen LogP contribution in [0.2, 0.25) is 0 Å². The topological polar surface area (TPSA) is 73.3 Å². The molecule has 0 saturated carbocycles. The molecular weight excluding hydrogens is 368 g/mol. The van der Waals surface area contributed by atoms with E-state index in [-0.39, 0.29) is 23.7 Å². The SMILES string of the molecule is Cc1nc2nc(N3CC4COC(C3)O4)nc(-c3ccc(F)cc3F)c2nc1C. The third-order valence-electron chi connectivity index (χ3n) is 5.01. The first kappa shape index (κ1) is 17.3. The summed E-state index contributed by atoms with van der Waals surface area (Å²) in [4.78, 5) is 20.1. The predicted octanol–water partition coefficient (Wildman–Crippen LogP) is 2.54. The van der Waals surface area contributed by atoms with Gasteiger partial charge in [0.2, 0.25) is 5.95 Å². The van der Waals surface area contributed by atoms with Crippen molar-refractivity contribution in [3.63, 3.8) is 0 Å². The number of aromatic nitrogens is 4. The molecule has 9 heteroatoms. The molecule has 0 radical (unpaired) electrons. The number of halogens is 2. The second kappa shape index (κ2) is 6.39. The molecule has 2 unspecified atom stereocenters. The Labute approximate surface area is 159 Å². The van der Waals surface area contributed by atoms with Crippen molar-refractivity contribution in [3.8, 4) is 11.3 Å². The van der Waals surface area contributed by atoms with E-state index in [2.05, 4.69) is 19.9 Å². The van der Waals surface area contributed by atoms with Gasteiger partial charge in [0.05, 0.1) is 24.5 Å². The van der Waals surface area contributed by atoms with Crippen molar-refractivity contribution in [3.05, 3.63) is 41.2 Å². The number of anilines is 1. The maximum atomic E-state index is 14.5. The quantitative estimate of drug-likeness (QED) is 0.671. The lowest BCUT2D eigenvalue weighted by Gasteiger charge is -2.30. The van der Waals surface area contributed by atoms with Crippen molar-refractivity contribution in [1.82, 2.24) is 19.9 Å². The smallest absolute Gasteiger partial charge is 0.228 e. The number of hydrogen-bond acceptors (Lipinski definition) is 7. The van der Waals surface area contributed by atoms with Crippen LogP contribution in [-0.4, -0.2) is 52.0 Å². The predicted molar refractivity (Wildman–Crippen MR) is 96.8 cm³/mol. The average Bonchev–Trinajstić information content (AvgIpc) is 3.00. The van der Waals surface area contributed by atoms with Crippen LogP contribution in [0.15, 0.2) is 18.2 Å². The molecule has 2 aliphatic heterocycles. The van der Waals surface area contributed by atoms with E-state index in [4.69, 9.17) is 9.47 Å². The molecule has 7 nitrogen and oxygen atoms in total. The molecule has 2 saturated heterocycles. The highest BCUT2D eigenvalue weighted by molar-refractivity contribution is 5.88. The largest absolute Gasteiger partial charge is 0.348 e. The van der Waals surface area contributed by atoms with Gasteiger partial charge in [-0.3, -0.25) is 0 Å². The summed E-state index contributed by atoms with van der Waals surface area (Å²) in [7, 11) is 0. The van der Waals surface area contributed by atoms with Crippen molar-refractivity contribution in [2.75, 3.05) is 24.6 Å². The first-order valence-corrected chi connectivity index (χ1v) is 8.98. The van der Waals surface area contributed by atoms with Crippen LogP contribution < -0.4 is 4.90 Å². The fraction of sp³-hybridized carbons (Fsp3) is 0.368. The van der Waals surface area contributed by atoms with Crippen LogP contribution in [-0.2, 0) is 9.47 Å². The summed E-state index contributed by atoms with van der Waals surface area (Å²) in [5.41, 5.74) is 2.61. The molecule has 28 heavy (non-hydrogen) atoms. The molecule has 5 rings (SSSR count). The molecule has 2 aliphatic rings. The summed E-state index contributed by atoms with van der Waals surface area (Å²) in [5.74, 6) is -0.969. The fourth-order valence-corrected chi connectivity index (χ4v) is 3.47. The second-order valence-corrected chi connectivity index (χ2v) is 6.99. The Kier molecular flexibility index (Phi) is 3.95. The third kappa shape index (κ3) is 2.87. The minimum Gasteiger partial charge on any atom is -0.348 e. The molecule has 144 valence electrons. The molecule has 1 aromatic carbocycles. The van der Waals surface area contributed by atoms with Gasteiger partial charge in [-0.05, 0) is 26.0 Å². The van der Waals surface area contributed by atoms with Crippen molar-refractivity contribution in [2.45, 2.75) is 26.2 Å². The van der Waals surface area contributed by atoms with Crippen LogP contribution in [0.4, 0.5) is 14.7 Å². The van der Waals surface area contributed by atoms with Gasteiger partial charge in [0.1, 0.15) is 28.9 Å². The Morgan fingerprint density at radius 2 is 1.86 bits per heavy atom. The molecule has 2 atom stereocenters. The number of morpholine rings is 1. The van der Waals surface area contributed by atoms with Gasteiger partial charge in [0.25, 0.3) is 0 Å². The summed E-state index contributed by atoms with van der Waals surface area (Å²) >= 11 is 0. The van der Waals surface area contributed by atoms with Crippen LogP contribution in [0.1, 0.15) is 11.4 Å². The number of nitrogens with zero attached hydrogens (tertiary/aromatic N) is 5. The van der Waals surface area contributed by atoms with Crippen LogP contribution >= 0.6 is 0 Å². The monoisotopic (exact) mass is 385 g/mol. The lowest BCUT2D eigenvalue weighted by Crippen LogP contribution is -2.44. The van der Waals surface area contributed by atoms with E-state index in [0.717, 1.165) is 11.8 Å². The Hall–Kier alpha value is -2.78. The Morgan fingerprint density at radius 3 is 2.64 bits per heavy atom. The number of benzene rings is 1. The molecular formula is C19H17F2N5O2. The maximum Gasteiger partial charge on any atom is 0.228 e. The van der Waals surface area contributed by atoms with Gasteiger partial charge in [0.15, 0.2) is 11.9 Å². The van der Waals surface area contributed by atoms with Crippen molar-refractivity contribution in [2.24, 2.45) is 0 Å². The summed E-state index contributed by atoms with van der Waals surface area (Å²) in [6.07, 6.45) is -0.398. The normalized spacial score (nSPS) is 21.5. The number of fused-ring (bicyclic) bond motifs is 3. The lowest BCUT2D eigenvalue weighted by atomic mass is 10.1. The van der Waals surface area contributed by atoms with Crippen molar-refractivity contribution < 1.29 is 18.3 Å². The van der Waals surface area contributed by atoms with E-state index in [1.807, 2.05) is 18.7 Å². The first-order chi connectivity index (χ1) is 13.5. The maximum absolute atomic E-state index is 14.5. The summed E-state index contributed by atoms with van der Waals surface area (Å²) < 4.78 is 39.2. The number of aryl methyl sites for hydroxylation is 2. The van der Waals surface area contributed by atoms with E-state index in [1.165, 1.54) is 12.1 Å². The fourth-order valence-electron chi connectivity index (χ4n) is 3.47. The Balaban J connectivity index is 1.71. The highest BCUT2D eigenvalue weighted by Gasteiger charge is 2.36. The van der Waals surface area contributed by atoms with Crippen molar-refractivity contribution in [1.29, 1.82) is 0 Å². The molecule has 2 fully saturated rings. The van der Waals surface area contributed by atoms with Crippen LogP contribution in [0.5, 0.6) is 0 Å². The second-order valence-electron chi connectivity index (χ2n) is 6.99. The van der Waals surface area contributed by atoms with E-state index >= 15 is 0 Å². The molecule has 4 heterocycles. The third-order valence-corrected chi connectivity index (χ3v) is 5.01. The van der Waals surface area contributed by atoms with Gasteiger partial charge in [-0.2, -0.15) is 4.98 Å². The molecule has 0 amide bonds.